The van der Waals surface area contributed by atoms with Crippen molar-refractivity contribution < 1.29 is 14.1 Å². The fraction of sp³-hybridized carbons (Fsp3) is 0.562. The Morgan fingerprint density at radius 3 is 2.35 bits per heavy atom. The van der Waals surface area contributed by atoms with Gasteiger partial charge in [-0.2, -0.15) is 0 Å². The van der Waals surface area contributed by atoms with Gasteiger partial charge in [0.2, 0.25) is 0 Å². The van der Waals surface area contributed by atoms with Crippen LogP contribution in [0.25, 0.3) is 0 Å². The summed E-state index contributed by atoms with van der Waals surface area (Å²) in [7, 11) is 0. The predicted octanol–water partition coefficient (Wildman–Crippen LogP) is 1.71. The molecule has 0 bridgehead atoms. The Hall–Kier alpha value is -1.42. The van der Waals surface area contributed by atoms with E-state index in [9.17, 15) is 9.18 Å². The summed E-state index contributed by atoms with van der Waals surface area (Å²) >= 11 is 0. The molecule has 3 nitrogen and oxygen atoms in total. The minimum Gasteiger partial charge on any atom is -0.324 e. The number of benzene rings is 1. The summed E-state index contributed by atoms with van der Waals surface area (Å²) in [5.74, 6) is 1.04. The molecule has 1 aromatic rings. The van der Waals surface area contributed by atoms with E-state index in [1.54, 1.807) is 12.1 Å². The SMILES string of the molecule is C[C@@H]1C[C@H](C)C[NH+]([C@@H](C)C(=O)Nc2ccc(F)cc2)C1. The zero-order valence-corrected chi connectivity index (χ0v) is 12.4. The molecular formula is C16H24FN2O+. The number of hydrogen-bond donors (Lipinski definition) is 2. The highest BCUT2D eigenvalue weighted by Gasteiger charge is 2.32. The van der Waals surface area contributed by atoms with E-state index in [1.807, 2.05) is 6.92 Å². The van der Waals surface area contributed by atoms with Crippen molar-refractivity contribution in [1.82, 2.24) is 0 Å². The van der Waals surface area contributed by atoms with Crippen LogP contribution in [0.15, 0.2) is 24.3 Å². The van der Waals surface area contributed by atoms with Crippen LogP contribution >= 0.6 is 0 Å². The molecule has 0 spiro atoms. The molecule has 1 fully saturated rings. The quantitative estimate of drug-likeness (QED) is 0.868. The molecule has 0 aromatic heterocycles. The van der Waals surface area contributed by atoms with Gasteiger partial charge in [-0.1, -0.05) is 13.8 Å². The molecule has 20 heavy (non-hydrogen) atoms. The van der Waals surface area contributed by atoms with Crippen molar-refractivity contribution >= 4 is 11.6 Å². The van der Waals surface area contributed by atoms with Crippen molar-refractivity contribution in [2.75, 3.05) is 18.4 Å². The van der Waals surface area contributed by atoms with Crippen LogP contribution in [0.1, 0.15) is 27.2 Å². The number of halogens is 1. The molecule has 2 rings (SSSR count). The maximum absolute atomic E-state index is 12.8. The highest BCUT2D eigenvalue weighted by atomic mass is 19.1. The summed E-state index contributed by atoms with van der Waals surface area (Å²) in [6.45, 7) is 8.56. The van der Waals surface area contributed by atoms with E-state index in [2.05, 4.69) is 19.2 Å². The minimum absolute atomic E-state index is 0.00732. The average Bonchev–Trinajstić information content (AvgIpc) is 2.39. The molecule has 1 aliphatic rings. The highest BCUT2D eigenvalue weighted by molar-refractivity contribution is 5.93. The maximum Gasteiger partial charge on any atom is 0.282 e. The summed E-state index contributed by atoms with van der Waals surface area (Å²) in [4.78, 5) is 13.6. The number of piperidine rings is 1. The van der Waals surface area contributed by atoms with Gasteiger partial charge in [-0.25, -0.2) is 4.39 Å². The van der Waals surface area contributed by atoms with Crippen molar-refractivity contribution in [1.29, 1.82) is 0 Å². The van der Waals surface area contributed by atoms with Crippen molar-refractivity contribution in [3.63, 3.8) is 0 Å². The van der Waals surface area contributed by atoms with Gasteiger partial charge in [-0.15, -0.1) is 0 Å². The first-order chi connectivity index (χ1) is 9.45. The maximum atomic E-state index is 12.8. The van der Waals surface area contributed by atoms with Crippen LogP contribution in [0.2, 0.25) is 0 Å². The lowest BCUT2D eigenvalue weighted by molar-refractivity contribution is -0.925. The van der Waals surface area contributed by atoms with E-state index >= 15 is 0 Å². The second-order valence-corrected chi connectivity index (χ2v) is 6.23. The Bertz CT molecular complexity index is 450. The van der Waals surface area contributed by atoms with Gasteiger partial charge in [-0.05, 0) is 37.6 Å². The van der Waals surface area contributed by atoms with Crippen molar-refractivity contribution in [2.45, 2.75) is 33.2 Å². The molecular weight excluding hydrogens is 255 g/mol. The number of rotatable bonds is 3. The standard InChI is InChI=1S/C16H23FN2O/c1-11-8-12(2)10-19(9-11)13(3)16(20)18-15-6-4-14(17)5-7-15/h4-7,11-13H,8-10H2,1-3H3,(H,18,20)/p+1/t11-,12+,13-/m0/s1. The minimum atomic E-state index is -0.291. The Morgan fingerprint density at radius 1 is 1.25 bits per heavy atom. The molecule has 0 aliphatic carbocycles. The summed E-state index contributed by atoms with van der Waals surface area (Å²) in [6.07, 6.45) is 1.25. The van der Waals surface area contributed by atoms with E-state index in [-0.39, 0.29) is 17.8 Å². The van der Waals surface area contributed by atoms with Gasteiger partial charge in [0.1, 0.15) is 5.82 Å². The Kier molecular flexibility index (Phi) is 4.76. The van der Waals surface area contributed by atoms with E-state index in [1.165, 1.54) is 23.5 Å². The van der Waals surface area contributed by atoms with E-state index in [4.69, 9.17) is 0 Å². The molecule has 2 N–H and O–H groups in total. The molecule has 1 amide bonds. The first-order valence-electron chi connectivity index (χ1n) is 7.36. The van der Waals surface area contributed by atoms with Crippen LogP contribution in [0.5, 0.6) is 0 Å². The summed E-state index contributed by atoms with van der Waals surface area (Å²) in [5.41, 5.74) is 0.653. The number of carbonyl (C=O) groups excluding carboxylic acids is 1. The van der Waals surface area contributed by atoms with Crippen LogP contribution < -0.4 is 10.2 Å². The molecule has 0 saturated carbocycles. The topological polar surface area (TPSA) is 33.5 Å². The fourth-order valence-corrected chi connectivity index (χ4v) is 3.15. The lowest BCUT2D eigenvalue weighted by Crippen LogP contribution is -3.18. The Labute approximate surface area is 120 Å². The lowest BCUT2D eigenvalue weighted by Gasteiger charge is -2.35. The summed E-state index contributed by atoms with van der Waals surface area (Å²) in [6, 6.07) is 5.83. The second kappa shape index (κ2) is 6.35. The molecule has 1 aliphatic heterocycles. The summed E-state index contributed by atoms with van der Waals surface area (Å²) in [5, 5.41) is 2.87. The normalized spacial score (nSPS) is 27.9. The van der Waals surface area contributed by atoms with Gasteiger partial charge >= 0.3 is 0 Å². The Morgan fingerprint density at radius 2 is 1.80 bits per heavy atom. The molecule has 0 radical (unpaired) electrons. The Balaban J connectivity index is 1.96. The zero-order chi connectivity index (χ0) is 14.7. The van der Waals surface area contributed by atoms with Crippen LogP contribution in [-0.4, -0.2) is 25.0 Å². The third-order valence-corrected chi connectivity index (χ3v) is 4.14. The molecule has 4 heteroatoms. The van der Waals surface area contributed by atoms with Crippen molar-refractivity contribution in [2.24, 2.45) is 11.8 Å². The van der Waals surface area contributed by atoms with Gasteiger partial charge < -0.3 is 10.2 Å². The molecule has 110 valence electrons. The lowest BCUT2D eigenvalue weighted by atomic mass is 9.91. The first-order valence-corrected chi connectivity index (χ1v) is 7.36. The third kappa shape index (κ3) is 3.79. The monoisotopic (exact) mass is 279 g/mol. The second-order valence-electron chi connectivity index (χ2n) is 6.23. The van der Waals surface area contributed by atoms with Gasteiger partial charge in [0, 0.05) is 17.5 Å². The number of quaternary nitrogens is 1. The number of hydrogen-bond acceptors (Lipinski definition) is 1. The average molecular weight is 279 g/mol. The molecule has 4 atom stereocenters. The van der Waals surface area contributed by atoms with E-state index in [0.29, 0.717) is 17.5 Å². The first kappa shape index (κ1) is 15.0. The molecule has 1 aromatic carbocycles. The summed E-state index contributed by atoms with van der Waals surface area (Å²) < 4.78 is 12.8. The predicted molar refractivity (Wildman–Crippen MR) is 78.1 cm³/mol. The number of nitrogens with one attached hydrogen (secondary N) is 2. The van der Waals surface area contributed by atoms with Gasteiger partial charge in [0.05, 0.1) is 13.1 Å². The van der Waals surface area contributed by atoms with E-state index in [0.717, 1.165) is 13.1 Å². The van der Waals surface area contributed by atoms with Gasteiger partial charge in [0.15, 0.2) is 6.04 Å². The van der Waals surface area contributed by atoms with E-state index < -0.39 is 0 Å². The largest absolute Gasteiger partial charge is 0.324 e. The smallest absolute Gasteiger partial charge is 0.282 e. The molecule has 1 heterocycles. The van der Waals surface area contributed by atoms with Gasteiger partial charge in [-0.3, -0.25) is 4.79 Å². The third-order valence-electron chi connectivity index (χ3n) is 4.14. The number of likely N-dealkylation sites (tertiary alicyclic amines) is 1. The van der Waals surface area contributed by atoms with Crippen molar-refractivity contribution in [3.05, 3.63) is 30.1 Å². The zero-order valence-electron chi connectivity index (χ0n) is 12.4. The molecule has 1 unspecified atom stereocenters. The number of anilines is 1. The van der Waals surface area contributed by atoms with Gasteiger partial charge in [0.25, 0.3) is 5.91 Å². The number of amides is 1. The van der Waals surface area contributed by atoms with Crippen LogP contribution in [0.4, 0.5) is 10.1 Å². The van der Waals surface area contributed by atoms with Crippen LogP contribution in [0.3, 0.4) is 0 Å². The highest BCUT2D eigenvalue weighted by Crippen LogP contribution is 2.13. The number of carbonyl (C=O) groups is 1. The fourth-order valence-electron chi connectivity index (χ4n) is 3.15. The molecule has 1 saturated heterocycles. The van der Waals surface area contributed by atoms with Crippen LogP contribution in [0, 0.1) is 17.7 Å². The van der Waals surface area contributed by atoms with Crippen molar-refractivity contribution in [3.8, 4) is 0 Å². The van der Waals surface area contributed by atoms with Crippen LogP contribution in [-0.2, 0) is 4.79 Å².